The molecule has 0 aliphatic heterocycles. The number of carbonyl (C=O) groups is 2. The molecule has 4 nitrogen and oxygen atoms in total. The molecule has 1 aliphatic rings. The lowest BCUT2D eigenvalue weighted by Crippen LogP contribution is -2.38. The summed E-state index contributed by atoms with van der Waals surface area (Å²) in [7, 11) is 0. The summed E-state index contributed by atoms with van der Waals surface area (Å²) in [5, 5.41) is 2.00. The maximum absolute atomic E-state index is 11.8. The lowest BCUT2D eigenvalue weighted by atomic mass is 9.74. The van der Waals surface area contributed by atoms with Crippen LogP contribution in [-0.4, -0.2) is 11.8 Å². The molecule has 1 aromatic rings. The summed E-state index contributed by atoms with van der Waals surface area (Å²) in [5.41, 5.74) is 10.5. The van der Waals surface area contributed by atoms with E-state index in [0.29, 0.717) is 18.4 Å². The third kappa shape index (κ3) is 2.93. The normalized spacial score (nSPS) is 22.0. The fraction of sp³-hybridized carbons (Fsp3) is 0.286. The van der Waals surface area contributed by atoms with Gasteiger partial charge in [0.15, 0.2) is 0 Å². The van der Waals surface area contributed by atoms with Crippen molar-refractivity contribution in [1.29, 1.82) is 0 Å². The number of primary amides is 2. The Hall–Kier alpha value is -1.88. The van der Waals surface area contributed by atoms with E-state index in [1.807, 2.05) is 17.5 Å². The molecule has 0 fully saturated rings. The van der Waals surface area contributed by atoms with Crippen LogP contribution < -0.4 is 11.5 Å². The number of amides is 2. The van der Waals surface area contributed by atoms with Gasteiger partial charge in [-0.15, -0.1) is 11.3 Å². The Morgan fingerprint density at radius 1 is 1.37 bits per heavy atom. The van der Waals surface area contributed by atoms with Crippen molar-refractivity contribution < 1.29 is 9.59 Å². The molecular formula is C14H16N2O2S. The van der Waals surface area contributed by atoms with E-state index in [0.717, 1.165) is 6.42 Å². The molecule has 1 atom stereocenters. The molecule has 0 saturated carbocycles. The van der Waals surface area contributed by atoms with Gasteiger partial charge in [0.2, 0.25) is 11.8 Å². The van der Waals surface area contributed by atoms with Gasteiger partial charge in [0, 0.05) is 10.5 Å². The van der Waals surface area contributed by atoms with Crippen LogP contribution in [0.15, 0.2) is 41.3 Å². The van der Waals surface area contributed by atoms with E-state index in [1.54, 1.807) is 29.6 Å². The molecule has 4 N–H and O–H groups in total. The fourth-order valence-corrected chi connectivity index (χ4v) is 2.95. The summed E-state index contributed by atoms with van der Waals surface area (Å²) >= 11 is 1.65. The first-order valence-corrected chi connectivity index (χ1v) is 6.92. The Labute approximate surface area is 115 Å². The monoisotopic (exact) mass is 276 g/mol. The number of hydrogen-bond donors (Lipinski definition) is 2. The minimum atomic E-state index is -0.802. The van der Waals surface area contributed by atoms with Crippen LogP contribution in [0.3, 0.4) is 0 Å². The molecular weight excluding hydrogens is 260 g/mol. The third-order valence-corrected chi connectivity index (χ3v) is 4.36. The van der Waals surface area contributed by atoms with Gasteiger partial charge in [-0.1, -0.05) is 24.3 Å². The molecule has 1 unspecified atom stereocenters. The van der Waals surface area contributed by atoms with Crippen LogP contribution in [0.5, 0.6) is 0 Å². The number of allylic oxidation sites excluding steroid dienone is 2. The second-order valence-corrected chi connectivity index (χ2v) is 5.72. The average Bonchev–Trinajstić information content (AvgIpc) is 2.89. The van der Waals surface area contributed by atoms with Crippen LogP contribution in [0, 0.1) is 5.41 Å². The van der Waals surface area contributed by atoms with E-state index < -0.39 is 17.2 Å². The van der Waals surface area contributed by atoms with E-state index in [4.69, 9.17) is 11.5 Å². The highest BCUT2D eigenvalue weighted by Gasteiger charge is 2.36. The van der Waals surface area contributed by atoms with Gasteiger partial charge >= 0.3 is 0 Å². The van der Waals surface area contributed by atoms with Crippen molar-refractivity contribution in [2.24, 2.45) is 16.9 Å². The summed E-state index contributed by atoms with van der Waals surface area (Å²) in [5.74, 6) is -0.904. The van der Waals surface area contributed by atoms with Crippen molar-refractivity contribution >= 4 is 23.2 Å². The van der Waals surface area contributed by atoms with Gasteiger partial charge in [0.05, 0.1) is 5.41 Å². The Morgan fingerprint density at radius 3 is 2.74 bits per heavy atom. The average molecular weight is 276 g/mol. The summed E-state index contributed by atoms with van der Waals surface area (Å²) in [6, 6.07) is 4.00. The molecule has 1 aliphatic carbocycles. The van der Waals surface area contributed by atoms with Crippen LogP contribution in [0.2, 0.25) is 0 Å². The number of thiophene rings is 1. The molecule has 0 radical (unpaired) electrons. The maximum atomic E-state index is 11.8. The first-order chi connectivity index (χ1) is 9.03. The van der Waals surface area contributed by atoms with Gasteiger partial charge < -0.3 is 11.5 Å². The first-order valence-electron chi connectivity index (χ1n) is 6.04. The smallest absolute Gasteiger partial charge is 0.244 e. The Morgan fingerprint density at radius 2 is 2.16 bits per heavy atom. The molecule has 5 heteroatoms. The van der Waals surface area contributed by atoms with Gasteiger partial charge in [-0.25, -0.2) is 0 Å². The van der Waals surface area contributed by atoms with E-state index >= 15 is 0 Å². The third-order valence-electron chi connectivity index (χ3n) is 3.42. The predicted molar refractivity (Wildman–Crippen MR) is 75.3 cm³/mol. The van der Waals surface area contributed by atoms with Crippen molar-refractivity contribution in [2.75, 3.05) is 0 Å². The van der Waals surface area contributed by atoms with Gasteiger partial charge in [-0.05, 0) is 30.7 Å². The molecule has 0 saturated heterocycles. The summed E-state index contributed by atoms with van der Waals surface area (Å²) in [6.07, 6.45) is 6.77. The molecule has 2 rings (SSSR count). The SMILES string of the molecule is NC(=O)C1=CC=CC(CCc2cccs2)(C(N)=O)C1. The number of hydrogen-bond acceptors (Lipinski definition) is 3. The summed E-state index contributed by atoms with van der Waals surface area (Å²) in [6.45, 7) is 0. The van der Waals surface area contributed by atoms with Crippen LogP contribution in [0.4, 0.5) is 0 Å². The first kappa shape index (κ1) is 13.5. The number of carbonyl (C=O) groups excluding carboxylic acids is 2. The second kappa shape index (κ2) is 5.40. The maximum Gasteiger partial charge on any atom is 0.244 e. The van der Waals surface area contributed by atoms with Crippen LogP contribution in [0.1, 0.15) is 17.7 Å². The van der Waals surface area contributed by atoms with Crippen LogP contribution >= 0.6 is 11.3 Å². The molecule has 2 amide bonds. The van der Waals surface area contributed by atoms with E-state index in [-0.39, 0.29) is 0 Å². The lowest BCUT2D eigenvalue weighted by Gasteiger charge is -2.29. The molecule has 0 aromatic carbocycles. The summed E-state index contributed by atoms with van der Waals surface area (Å²) < 4.78 is 0. The topological polar surface area (TPSA) is 86.2 Å². The minimum absolute atomic E-state index is 0.291. The quantitative estimate of drug-likeness (QED) is 0.854. The van der Waals surface area contributed by atoms with Gasteiger partial charge in [-0.2, -0.15) is 0 Å². The number of rotatable bonds is 5. The Bertz CT molecular complexity index is 546. The van der Waals surface area contributed by atoms with Gasteiger partial charge in [-0.3, -0.25) is 9.59 Å². The molecule has 1 aromatic heterocycles. The summed E-state index contributed by atoms with van der Waals surface area (Å²) in [4.78, 5) is 24.3. The number of aryl methyl sites for hydroxylation is 1. The van der Waals surface area contributed by atoms with Crippen molar-refractivity contribution in [3.05, 3.63) is 46.2 Å². The van der Waals surface area contributed by atoms with Crippen LogP contribution in [0.25, 0.3) is 0 Å². The Kier molecular flexibility index (Phi) is 3.85. The predicted octanol–water partition coefficient (Wildman–Crippen LogP) is 1.52. The van der Waals surface area contributed by atoms with E-state index in [2.05, 4.69) is 0 Å². The van der Waals surface area contributed by atoms with E-state index in [9.17, 15) is 9.59 Å². The van der Waals surface area contributed by atoms with Gasteiger partial charge in [0.25, 0.3) is 0 Å². The standard InChI is InChI=1S/C14H16N2O2S/c15-12(17)10-3-1-6-14(9-10,13(16)18)7-5-11-4-2-8-19-11/h1-4,6,8H,5,7,9H2,(H2,15,17)(H2,16,18). The fourth-order valence-electron chi connectivity index (χ4n) is 2.24. The highest BCUT2D eigenvalue weighted by molar-refractivity contribution is 7.09. The van der Waals surface area contributed by atoms with Crippen LogP contribution in [-0.2, 0) is 16.0 Å². The molecule has 100 valence electrons. The van der Waals surface area contributed by atoms with Crippen molar-refractivity contribution in [3.63, 3.8) is 0 Å². The van der Waals surface area contributed by atoms with Crippen molar-refractivity contribution in [1.82, 2.24) is 0 Å². The lowest BCUT2D eigenvalue weighted by molar-refractivity contribution is -0.125. The molecule has 19 heavy (non-hydrogen) atoms. The molecule has 1 heterocycles. The zero-order valence-electron chi connectivity index (χ0n) is 10.5. The molecule has 0 bridgehead atoms. The number of nitrogens with two attached hydrogens (primary N) is 2. The second-order valence-electron chi connectivity index (χ2n) is 4.69. The highest BCUT2D eigenvalue weighted by atomic mass is 32.1. The van der Waals surface area contributed by atoms with Crippen molar-refractivity contribution in [3.8, 4) is 0 Å². The van der Waals surface area contributed by atoms with Crippen molar-refractivity contribution in [2.45, 2.75) is 19.3 Å². The Balaban J connectivity index is 2.16. The van der Waals surface area contributed by atoms with Gasteiger partial charge in [0.1, 0.15) is 0 Å². The zero-order chi connectivity index (χ0) is 13.9. The van der Waals surface area contributed by atoms with E-state index in [1.165, 1.54) is 4.88 Å². The highest BCUT2D eigenvalue weighted by Crippen LogP contribution is 2.36. The largest absolute Gasteiger partial charge is 0.369 e. The zero-order valence-corrected chi connectivity index (χ0v) is 11.3. The minimum Gasteiger partial charge on any atom is -0.369 e. The molecule has 0 spiro atoms.